The number of imide groups is 1. The summed E-state index contributed by atoms with van der Waals surface area (Å²) < 4.78 is 6.15. The van der Waals surface area contributed by atoms with Gasteiger partial charge < -0.3 is 15.0 Å². The predicted molar refractivity (Wildman–Crippen MR) is 145 cm³/mol. The molecule has 202 valence electrons. The monoisotopic (exact) mass is 528 g/mol. The van der Waals surface area contributed by atoms with Gasteiger partial charge in [0.1, 0.15) is 18.4 Å². The normalized spacial score (nSPS) is 23.5. The van der Waals surface area contributed by atoms with Gasteiger partial charge in [0.15, 0.2) is 6.29 Å². The fraction of sp³-hybridized carbons (Fsp3) is 0.379. The summed E-state index contributed by atoms with van der Waals surface area (Å²) in [6, 6.07) is 13.3. The largest absolute Gasteiger partial charge is 0.489 e. The van der Waals surface area contributed by atoms with Crippen molar-refractivity contribution in [3.8, 4) is 5.75 Å². The topological polar surface area (TPSA) is 107 Å². The van der Waals surface area contributed by atoms with Crippen LogP contribution in [0.3, 0.4) is 0 Å². The Kier molecular flexibility index (Phi) is 7.12. The molecular formula is C29H32N6O4. The molecule has 4 aliphatic heterocycles. The first-order valence-corrected chi connectivity index (χ1v) is 13.4. The van der Waals surface area contributed by atoms with Gasteiger partial charge in [0.25, 0.3) is 5.91 Å². The van der Waals surface area contributed by atoms with Gasteiger partial charge in [-0.2, -0.15) is 0 Å². The van der Waals surface area contributed by atoms with Crippen molar-refractivity contribution in [1.82, 2.24) is 25.3 Å². The summed E-state index contributed by atoms with van der Waals surface area (Å²) in [5.41, 5.74) is 3.64. The van der Waals surface area contributed by atoms with Gasteiger partial charge in [0.05, 0.1) is 6.54 Å². The minimum Gasteiger partial charge on any atom is -0.489 e. The van der Waals surface area contributed by atoms with Crippen molar-refractivity contribution in [3.05, 3.63) is 77.0 Å². The number of ether oxygens (including phenoxy) is 1. The minimum atomic E-state index is -0.638. The van der Waals surface area contributed by atoms with Crippen molar-refractivity contribution in [1.29, 1.82) is 0 Å². The molecule has 4 aliphatic rings. The fourth-order valence-corrected chi connectivity index (χ4v) is 5.58. The zero-order valence-electron chi connectivity index (χ0n) is 21.7. The molecule has 0 aliphatic carbocycles. The van der Waals surface area contributed by atoms with Gasteiger partial charge in [0, 0.05) is 62.7 Å². The molecule has 2 atom stereocenters. The van der Waals surface area contributed by atoms with Crippen molar-refractivity contribution in [2.45, 2.75) is 44.9 Å². The maximum Gasteiger partial charge on any atom is 0.255 e. The molecule has 0 radical (unpaired) electrons. The molecule has 10 nitrogen and oxygen atoms in total. The molecule has 39 heavy (non-hydrogen) atoms. The number of benzene rings is 2. The summed E-state index contributed by atoms with van der Waals surface area (Å²) in [5, 5.41) is 5.63. The van der Waals surface area contributed by atoms with Crippen LogP contribution in [-0.2, 0) is 29.3 Å². The van der Waals surface area contributed by atoms with Crippen LogP contribution in [0.25, 0.3) is 0 Å². The first kappa shape index (κ1) is 25.3. The highest BCUT2D eigenvalue weighted by Crippen LogP contribution is 2.34. The average molecular weight is 529 g/mol. The zero-order chi connectivity index (χ0) is 26.8. The standard InChI is InChI=1S/C29H32N6O4/c36-26-10-9-24(27(37)32-26)35-18-23-22(28(35)38)3-1-4-25(23)39-19-21-7-5-20(6-8-21)17-33-13-15-34(16-14-33)29-30-11-2-12-31-29/h1-8,11-12,24,29-30H,9-10,13-19H2,(H,32,36,37). The van der Waals surface area contributed by atoms with Gasteiger partial charge in [-0.3, -0.25) is 34.5 Å². The van der Waals surface area contributed by atoms with Crippen molar-refractivity contribution in [3.63, 3.8) is 0 Å². The highest BCUT2D eigenvalue weighted by Gasteiger charge is 2.40. The smallest absolute Gasteiger partial charge is 0.255 e. The van der Waals surface area contributed by atoms with E-state index in [-0.39, 0.29) is 24.5 Å². The lowest BCUT2D eigenvalue weighted by Crippen LogP contribution is -2.53. The summed E-state index contributed by atoms with van der Waals surface area (Å²) in [6.07, 6.45) is 6.31. The van der Waals surface area contributed by atoms with Crippen molar-refractivity contribution >= 4 is 23.9 Å². The van der Waals surface area contributed by atoms with Crippen LogP contribution in [0.5, 0.6) is 5.75 Å². The average Bonchev–Trinajstić information content (AvgIpc) is 3.30. The third-order valence-corrected chi connectivity index (χ3v) is 7.77. The second kappa shape index (κ2) is 11.0. The lowest BCUT2D eigenvalue weighted by molar-refractivity contribution is -0.136. The number of carbonyl (C=O) groups is 3. The van der Waals surface area contributed by atoms with Crippen LogP contribution in [0.2, 0.25) is 0 Å². The van der Waals surface area contributed by atoms with Gasteiger partial charge in [0.2, 0.25) is 11.8 Å². The van der Waals surface area contributed by atoms with E-state index in [0.717, 1.165) is 43.9 Å². The van der Waals surface area contributed by atoms with Gasteiger partial charge >= 0.3 is 0 Å². The Morgan fingerprint density at radius 3 is 2.51 bits per heavy atom. The van der Waals surface area contributed by atoms with Crippen LogP contribution < -0.4 is 15.4 Å². The fourth-order valence-electron chi connectivity index (χ4n) is 5.58. The van der Waals surface area contributed by atoms with Gasteiger partial charge in [-0.05, 0) is 35.8 Å². The number of allylic oxidation sites excluding steroid dienone is 1. The molecule has 2 N–H and O–H groups in total. The van der Waals surface area contributed by atoms with Gasteiger partial charge in [-0.25, -0.2) is 0 Å². The van der Waals surface area contributed by atoms with Gasteiger partial charge in [-0.1, -0.05) is 30.3 Å². The highest BCUT2D eigenvalue weighted by atomic mass is 16.5. The number of piperidine rings is 1. The van der Waals surface area contributed by atoms with Gasteiger partial charge in [-0.15, -0.1) is 0 Å². The van der Waals surface area contributed by atoms with Crippen LogP contribution in [-0.4, -0.2) is 77.1 Å². The number of hydrogen-bond acceptors (Lipinski definition) is 8. The second-order valence-electron chi connectivity index (χ2n) is 10.3. The zero-order valence-corrected chi connectivity index (χ0v) is 21.7. The maximum absolute atomic E-state index is 13.0. The van der Waals surface area contributed by atoms with Crippen LogP contribution in [0.4, 0.5) is 0 Å². The molecule has 0 aromatic heterocycles. The highest BCUT2D eigenvalue weighted by molar-refractivity contribution is 6.05. The summed E-state index contributed by atoms with van der Waals surface area (Å²) >= 11 is 0. The Labute approximate surface area is 227 Å². The van der Waals surface area contributed by atoms with Crippen molar-refractivity contribution < 1.29 is 19.1 Å². The van der Waals surface area contributed by atoms with Crippen molar-refractivity contribution in [2.24, 2.45) is 4.99 Å². The number of nitrogens with zero attached hydrogens (tertiary/aromatic N) is 4. The van der Waals surface area contributed by atoms with E-state index in [9.17, 15) is 14.4 Å². The summed E-state index contributed by atoms with van der Waals surface area (Å²) in [5.74, 6) is -0.262. The minimum absolute atomic E-state index is 0.0425. The first-order chi connectivity index (χ1) is 19.0. The number of nitrogens with one attached hydrogen (secondary N) is 2. The molecule has 2 aromatic rings. The number of aliphatic imine (C=N–C) groups is 1. The predicted octanol–water partition coefficient (Wildman–Crippen LogP) is 1.62. The van der Waals surface area contributed by atoms with E-state index >= 15 is 0 Å². The van der Waals surface area contributed by atoms with Crippen LogP contribution in [0.15, 0.2) is 59.7 Å². The summed E-state index contributed by atoms with van der Waals surface area (Å²) in [4.78, 5) is 47.8. The van der Waals surface area contributed by atoms with E-state index in [2.05, 4.69) is 49.7 Å². The van der Waals surface area contributed by atoms with E-state index in [4.69, 9.17) is 4.74 Å². The molecule has 6 rings (SSSR count). The lowest BCUT2D eigenvalue weighted by atomic mass is 10.0. The summed E-state index contributed by atoms with van der Waals surface area (Å²) in [7, 11) is 0. The van der Waals surface area contributed by atoms with Crippen LogP contribution in [0, 0.1) is 0 Å². The quantitative estimate of drug-likeness (QED) is 0.526. The van der Waals surface area contributed by atoms with E-state index in [1.54, 1.807) is 17.0 Å². The Hall–Kier alpha value is -4.02. The van der Waals surface area contributed by atoms with Crippen LogP contribution >= 0.6 is 0 Å². The molecule has 0 saturated carbocycles. The van der Waals surface area contributed by atoms with Crippen molar-refractivity contribution in [2.75, 3.05) is 26.2 Å². The Morgan fingerprint density at radius 2 is 1.77 bits per heavy atom. The van der Waals surface area contributed by atoms with E-state index < -0.39 is 11.9 Å². The number of hydrogen-bond donors (Lipinski definition) is 2. The molecule has 0 bridgehead atoms. The van der Waals surface area contributed by atoms with E-state index in [1.807, 2.05) is 24.6 Å². The molecule has 2 fully saturated rings. The number of carbonyl (C=O) groups excluding carboxylic acids is 3. The van der Waals surface area contributed by atoms with E-state index in [1.165, 1.54) is 5.56 Å². The Balaban J connectivity index is 1.02. The molecule has 3 amide bonds. The molecular weight excluding hydrogens is 496 g/mol. The first-order valence-electron chi connectivity index (χ1n) is 13.4. The molecule has 10 heteroatoms. The third-order valence-electron chi connectivity index (χ3n) is 7.77. The van der Waals surface area contributed by atoms with E-state index in [0.29, 0.717) is 30.9 Å². The Morgan fingerprint density at radius 1 is 0.974 bits per heavy atom. The SMILES string of the molecule is O=C1CCC(N2Cc3c(OCc4ccc(CN5CCN(C6N=CC=CN6)CC5)cc4)cccc3C2=O)C(=O)N1. The molecule has 0 spiro atoms. The molecule has 4 heterocycles. The third kappa shape index (κ3) is 5.43. The lowest BCUT2D eigenvalue weighted by Gasteiger charge is -2.38. The molecule has 2 saturated heterocycles. The summed E-state index contributed by atoms with van der Waals surface area (Å²) in [6.45, 7) is 5.51. The maximum atomic E-state index is 13.0. The number of piperazine rings is 1. The van der Waals surface area contributed by atoms with Crippen LogP contribution in [0.1, 0.15) is 39.9 Å². The number of rotatable bonds is 7. The number of amides is 3. The molecule has 2 unspecified atom stereocenters. The Bertz CT molecular complexity index is 1320. The number of fused-ring (bicyclic) bond motifs is 1. The molecule has 2 aromatic carbocycles. The second-order valence-corrected chi connectivity index (χ2v) is 10.3.